The van der Waals surface area contributed by atoms with Crippen molar-refractivity contribution < 1.29 is 23.7 Å². The number of nitrogens with one attached hydrogen (secondary N) is 1. The lowest BCUT2D eigenvalue weighted by Gasteiger charge is -2.35. The number of carbonyl (C=O) groups excluding carboxylic acids is 1. The number of ether oxygens (including phenoxy) is 4. The summed E-state index contributed by atoms with van der Waals surface area (Å²) in [7, 11) is 3.10. The van der Waals surface area contributed by atoms with E-state index < -0.39 is 0 Å². The van der Waals surface area contributed by atoms with Gasteiger partial charge in [-0.1, -0.05) is 30.3 Å². The molecule has 1 fully saturated rings. The summed E-state index contributed by atoms with van der Waals surface area (Å²) in [6, 6.07) is 13.2. The van der Waals surface area contributed by atoms with Crippen LogP contribution in [-0.4, -0.2) is 63.4 Å². The van der Waals surface area contributed by atoms with Gasteiger partial charge < -0.3 is 24.3 Å². The molecule has 1 saturated heterocycles. The Kier molecular flexibility index (Phi) is 8.76. The zero-order valence-corrected chi connectivity index (χ0v) is 19.4. The molecule has 1 aliphatic heterocycles. The molecule has 0 bridgehead atoms. The SMILES string of the molecule is COc1cc(C(=O)NCCCN2C[C@@H](C)O[C@H](C)C2)cc(OC)c1OCc1ccccc1. The molecule has 1 aliphatic rings. The first kappa shape index (κ1) is 23.9. The van der Waals surface area contributed by atoms with Crippen molar-refractivity contribution in [2.24, 2.45) is 0 Å². The molecule has 0 unspecified atom stereocenters. The van der Waals surface area contributed by atoms with Crippen LogP contribution in [-0.2, 0) is 11.3 Å². The fourth-order valence-electron chi connectivity index (χ4n) is 3.96. The molecule has 0 radical (unpaired) electrons. The van der Waals surface area contributed by atoms with Crippen molar-refractivity contribution in [2.45, 2.75) is 39.1 Å². The Morgan fingerprint density at radius 1 is 1.06 bits per heavy atom. The molecule has 1 heterocycles. The lowest BCUT2D eigenvalue weighted by atomic mass is 10.1. The van der Waals surface area contributed by atoms with Gasteiger partial charge in [0, 0.05) is 31.7 Å². The van der Waals surface area contributed by atoms with Crippen molar-refractivity contribution in [1.29, 1.82) is 0 Å². The lowest BCUT2D eigenvalue weighted by molar-refractivity contribution is -0.0679. The molecule has 0 aliphatic carbocycles. The monoisotopic (exact) mass is 442 g/mol. The number of morpholine rings is 1. The molecular formula is C25H34N2O5. The highest BCUT2D eigenvalue weighted by Gasteiger charge is 2.22. The Morgan fingerprint density at radius 3 is 2.28 bits per heavy atom. The second-order valence-corrected chi connectivity index (χ2v) is 8.11. The molecule has 3 rings (SSSR count). The summed E-state index contributed by atoms with van der Waals surface area (Å²) in [5.41, 5.74) is 1.50. The van der Waals surface area contributed by atoms with E-state index in [9.17, 15) is 4.79 Å². The number of methoxy groups -OCH3 is 2. The van der Waals surface area contributed by atoms with Crippen LogP contribution in [0.5, 0.6) is 17.2 Å². The number of nitrogens with zero attached hydrogens (tertiary/aromatic N) is 1. The van der Waals surface area contributed by atoms with Gasteiger partial charge in [-0.05, 0) is 38.0 Å². The molecular weight excluding hydrogens is 408 g/mol. The number of amides is 1. The van der Waals surface area contributed by atoms with E-state index in [-0.39, 0.29) is 18.1 Å². The van der Waals surface area contributed by atoms with E-state index in [4.69, 9.17) is 18.9 Å². The molecule has 7 heteroatoms. The maximum atomic E-state index is 12.7. The first-order chi connectivity index (χ1) is 15.5. The maximum Gasteiger partial charge on any atom is 0.251 e. The fraction of sp³-hybridized carbons (Fsp3) is 0.480. The average molecular weight is 443 g/mol. The van der Waals surface area contributed by atoms with E-state index in [1.165, 1.54) is 0 Å². The standard InChI is InChI=1S/C25H34N2O5/c1-18-15-27(16-19(2)32-18)12-8-11-26-25(28)21-13-22(29-3)24(23(14-21)30-4)31-17-20-9-6-5-7-10-20/h5-7,9-10,13-14,18-19H,8,11-12,15-17H2,1-4H3,(H,26,28)/t18-,19-/m1/s1. The van der Waals surface area contributed by atoms with E-state index in [0.717, 1.165) is 31.6 Å². The number of rotatable bonds is 10. The van der Waals surface area contributed by atoms with Gasteiger partial charge in [-0.2, -0.15) is 0 Å². The van der Waals surface area contributed by atoms with E-state index in [1.807, 2.05) is 30.3 Å². The molecule has 7 nitrogen and oxygen atoms in total. The summed E-state index contributed by atoms with van der Waals surface area (Å²) in [6.07, 6.45) is 1.37. The van der Waals surface area contributed by atoms with Crippen molar-refractivity contribution in [2.75, 3.05) is 40.4 Å². The second-order valence-electron chi connectivity index (χ2n) is 8.11. The molecule has 1 N–H and O–H groups in total. The van der Waals surface area contributed by atoms with Crippen LogP contribution < -0.4 is 19.5 Å². The Morgan fingerprint density at radius 2 is 1.69 bits per heavy atom. The molecule has 174 valence electrons. The predicted octanol–water partition coefficient (Wildman–Crippen LogP) is 3.51. The maximum absolute atomic E-state index is 12.7. The van der Waals surface area contributed by atoms with Crippen LogP contribution in [0, 0.1) is 0 Å². The van der Waals surface area contributed by atoms with Crippen molar-refractivity contribution in [1.82, 2.24) is 10.2 Å². The molecule has 0 spiro atoms. The number of benzene rings is 2. The highest BCUT2D eigenvalue weighted by molar-refractivity contribution is 5.95. The molecule has 2 aromatic carbocycles. The topological polar surface area (TPSA) is 69.3 Å². The van der Waals surface area contributed by atoms with Gasteiger partial charge in [-0.25, -0.2) is 0 Å². The molecule has 32 heavy (non-hydrogen) atoms. The van der Waals surface area contributed by atoms with Crippen LogP contribution in [0.3, 0.4) is 0 Å². The van der Waals surface area contributed by atoms with Gasteiger partial charge in [0.1, 0.15) is 6.61 Å². The van der Waals surface area contributed by atoms with Crippen LogP contribution in [0.1, 0.15) is 36.2 Å². The fourth-order valence-corrected chi connectivity index (χ4v) is 3.96. The average Bonchev–Trinajstić information content (AvgIpc) is 2.79. The highest BCUT2D eigenvalue weighted by atomic mass is 16.5. The van der Waals surface area contributed by atoms with Gasteiger partial charge in [0.2, 0.25) is 5.75 Å². The van der Waals surface area contributed by atoms with Crippen LogP contribution in [0.2, 0.25) is 0 Å². The van der Waals surface area contributed by atoms with Gasteiger partial charge in [-0.3, -0.25) is 9.69 Å². The first-order valence-electron chi connectivity index (χ1n) is 11.1. The first-order valence-corrected chi connectivity index (χ1v) is 11.1. The molecule has 0 aromatic heterocycles. The summed E-state index contributed by atoms with van der Waals surface area (Å²) in [5.74, 6) is 1.23. The number of carbonyl (C=O) groups is 1. The summed E-state index contributed by atoms with van der Waals surface area (Å²) in [4.78, 5) is 15.1. The quantitative estimate of drug-likeness (QED) is 0.568. The van der Waals surface area contributed by atoms with E-state index in [1.54, 1.807) is 26.4 Å². The minimum atomic E-state index is -0.167. The zero-order chi connectivity index (χ0) is 22.9. The van der Waals surface area contributed by atoms with Crippen molar-refractivity contribution in [3.05, 3.63) is 53.6 Å². The molecule has 2 atom stereocenters. The van der Waals surface area contributed by atoms with E-state index in [0.29, 0.717) is 36.0 Å². The second kappa shape index (κ2) is 11.7. The molecule has 0 saturated carbocycles. The van der Waals surface area contributed by atoms with Crippen LogP contribution in [0.4, 0.5) is 0 Å². The predicted molar refractivity (Wildman–Crippen MR) is 124 cm³/mol. The van der Waals surface area contributed by atoms with E-state index >= 15 is 0 Å². The minimum absolute atomic E-state index is 0.167. The summed E-state index contributed by atoms with van der Waals surface area (Å²) < 4.78 is 22.7. The summed E-state index contributed by atoms with van der Waals surface area (Å²) >= 11 is 0. The Labute approximate surface area is 190 Å². The van der Waals surface area contributed by atoms with Crippen molar-refractivity contribution in [3.63, 3.8) is 0 Å². The largest absolute Gasteiger partial charge is 0.493 e. The van der Waals surface area contributed by atoms with Crippen molar-refractivity contribution >= 4 is 5.91 Å². The Balaban J connectivity index is 1.57. The van der Waals surface area contributed by atoms with Crippen LogP contribution >= 0.6 is 0 Å². The zero-order valence-electron chi connectivity index (χ0n) is 19.4. The molecule has 1 amide bonds. The molecule has 2 aromatic rings. The Hall–Kier alpha value is -2.77. The van der Waals surface area contributed by atoms with Crippen LogP contribution in [0.15, 0.2) is 42.5 Å². The van der Waals surface area contributed by atoms with Gasteiger partial charge in [0.15, 0.2) is 11.5 Å². The third-order valence-electron chi connectivity index (χ3n) is 5.38. The van der Waals surface area contributed by atoms with Gasteiger partial charge in [0.25, 0.3) is 5.91 Å². The summed E-state index contributed by atoms with van der Waals surface area (Å²) in [6.45, 7) is 7.94. The number of hydrogen-bond acceptors (Lipinski definition) is 6. The summed E-state index contributed by atoms with van der Waals surface area (Å²) in [5, 5.41) is 2.99. The minimum Gasteiger partial charge on any atom is -0.493 e. The Bertz CT molecular complexity index is 839. The van der Waals surface area contributed by atoms with E-state index in [2.05, 4.69) is 24.1 Å². The lowest BCUT2D eigenvalue weighted by Crippen LogP contribution is -2.46. The smallest absolute Gasteiger partial charge is 0.251 e. The van der Waals surface area contributed by atoms with Crippen LogP contribution in [0.25, 0.3) is 0 Å². The third-order valence-corrected chi connectivity index (χ3v) is 5.38. The highest BCUT2D eigenvalue weighted by Crippen LogP contribution is 2.39. The van der Waals surface area contributed by atoms with Gasteiger partial charge >= 0.3 is 0 Å². The normalized spacial score (nSPS) is 18.8. The third kappa shape index (κ3) is 6.61. The van der Waals surface area contributed by atoms with Crippen molar-refractivity contribution in [3.8, 4) is 17.2 Å². The van der Waals surface area contributed by atoms with Gasteiger partial charge in [-0.15, -0.1) is 0 Å². The number of hydrogen-bond donors (Lipinski definition) is 1. The van der Waals surface area contributed by atoms with Gasteiger partial charge in [0.05, 0.1) is 26.4 Å².